The van der Waals surface area contributed by atoms with Gasteiger partial charge in [-0.05, 0) is 83.8 Å². The molecular weight excluding hydrogens is 361 g/mol. The van der Waals surface area contributed by atoms with Gasteiger partial charge in [0, 0.05) is 3.57 Å². The van der Waals surface area contributed by atoms with Gasteiger partial charge < -0.3 is 10.5 Å². The third-order valence-electron chi connectivity index (χ3n) is 3.25. The number of nitrogens with two attached hydrogens (primary N) is 1. The molecule has 2 aromatic carbocycles. The molecule has 20 heavy (non-hydrogen) atoms. The van der Waals surface area contributed by atoms with Gasteiger partial charge in [-0.2, -0.15) is 0 Å². The van der Waals surface area contributed by atoms with E-state index < -0.39 is 0 Å². The van der Waals surface area contributed by atoms with E-state index in [0.717, 1.165) is 12.2 Å². The number of ether oxygens (including phenoxy) is 1. The van der Waals surface area contributed by atoms with E-state index in [1.807, 2.05) is 0 Å². The zero-order valence-electron chi connectivity index (χ0n) is 11.9. The van der Waals surface area contributed by atoms with Gasteiger partial charge in [-0.3, -0.25) is 0 Å². The lowest BCUT2D eigenvalue weighted by atomic mass is 10.0. The molecule has 0 fully saturated rings. The summed E-state index contributed by atoms with van der Waals surface area (Å²) in [5.74, 6) is 0.990. The van der Waals surface area contributed by atoms with Crippen LogP contribution in [0.4, 0.5) is 0 Å². The molecule has 0 saturated carbocycles. The minimum Gasteiger partial charge on any atom is -0.488 e. The molecule has 2 nitrogen and oxygen atoms in total. The van der Waals surface area contributed by atoms with Crippen LogP contribution in [0, 0.1) is 17.4 Å². The summed E-state index contributed by atoms with van der Waals surface area (Å²) in [7, 11) is 0. The van der Waals surface area contributed by atoms with E-state index in [2.05, 4.69) is 72.8 Å². The van der Waals surface area contributed by atoms with Crippen molar-refractivity contribution in [2.75, 3.05) is 6.54 Å². The lowest BCUT2D eigenvalue weighted by molar-refractivity contribution is 0.302. The summed E-state index contributed by atoms with van der Waals surface area (Å²) in [6.07, 6.45) is 0.916. The van der Waals surface area contributed by atoms with Crippen molar-refractivity contribution in [1.82, 2.24) is 0 Å². The number of aryl methyl sites for hydroxylation is 2. The zero-order valence-corrected chi connectivity index (χ0v) is 14.1. The highest BCUT2D eigenvalue weighted by Gasteiger charge is 2.06. The van der Waals surface area contributed by atoms with Crippen molar-refractivity contribution in [2.45, 2.75) is 26.9 Å². The van der Waals surface area contributed by atoms with Gasteiger partial charge in [-0.1, -0.05) is 24.3 Å². The average Bonchev–Trinajstić information content (AvgIpc) is 2.40. The van der Waals surface area contributed by atoms with Crippen LogP contribution in [0.15, 0.2) is 36.4 Å². The van der Waals surface area contributed by atoms with Crippen molar-refractivity contribution in [2.24, 2.45) is 5.73 Å². The van der Waals surface area contributed by atoms with Crippen LogP contribution < -0.4 is 10.5 Å². The Labute approximate surface area is 134 Å². The number of benzene rings is 2. The van der Waals surface area contributed by atoms with Crippen LogP contribution in [-0.2, 0) is 13.0 Å². The maximum atomic E-state index is 5.99. The van der Waals surface area contributed by atoms with E-state index >= 15 is 0 Å². The Hall–Kier alpha value is -1.07. The molecule has 0 aliphatic carbocycles. The topological polar surface area (TPSA) is 35.2 Å². The molecule has 0 unspecified atom stereocenters. The van der Waals surface area contributed by atoms with Crippen molar-refractivity contribution in [3.05, 3.63) is 62.2 Å². The first-order valence-electron chi connectivity index (χ1n) is 6.77. The first-order valence-corrected chi connectivity index (χ1v) is 7.85. The molecule has 0 spiro atoms. The van der Waals surface area contributed by atoms with E-state index in [1.165, 1.54) is 25.8 Å². The lowest BCUT2D eigenvalue weighted by Crippen LogP contribution is -2.05. The minimum atomic E-state index is 0.606. The summed E-state index contributed by atoms with van der Waals surface area (Å²) in [4.78, 5) is 0. The van der Waals surface area contributed by atoms with Gasteiger partial charge in [-0.15, -0.1) is 0 Å². The van der Waals surface area contributed by atoms with Crippen LogP contribution in [0.5, 0.6) is 5.75 Å². The number of halogens is 1. The van der Waals surface area contributed by atoms with Crippen molar-refractivity contribution in [3.63, 3.8) is 0 Å². The molecule has 0 aliphatic rings. The Morgan fingerprint density at radius 3 is 2.15 bits per heavy atom. The molecule has 2 N–H and O–H groups in total. The van der Waals surface area contributed by atoms with E-state index in [0.29, 0.717) is 13.2 Å². The summed E-state index contributed by atoms with van der Waals surface area (Å²) in [6.45, 7) is 5.48. The fourth-order valence-electron chi connectivity index (χ4n) is 2.31. The molecule has 0 aromatic heterocycles. The highest BCUT2D eigenvalue weighted by Crippen LogP contribution is 2.26. The van der Waals surface area contributed by atoms with E-state index in [4.69, 9.17) is 10.5 Å². The van der Waals surface area contributed by atoms with Gasteiger partial charge in [0.2, 0.25) is 0 Å². The number of rotatable bonds is 5. The second kappa shape index (κ2) is 7.09. The SMILES string of the molecule is Cc1cc(CCN)cc(C)c1OCc1ccc(I)cc1. The fraction of sp³-hybridized carbons (Fsp3) is 0.294. The molecule has 3 heteroatoms. The quantitative estimate of drug-likeness (QED) is 0.795. The van der Waals surface area contributed by atoms with Crippen molar-refractivity contribution >= 4 is 22.6 Å². The van der Waals surface area contributed by atoms with Crippen LogP contribution in [0.2, 0.25) is 0 Å². The van der Waals surface area contributed by atoms with Gasteiger partial charge in [0.1, 0.15) is 12.4 Å². The Balaban J connectivity index is 2.11. The summed E-state index contributed by atoms with van der Waals surface area (Å²) >= 11 is 2.31. The largest absolute Gasteiger partial charge is 0.488 e. The molecule has 0 atom stereocenters. The normalized spacial score (nSPS) is 10.6. The second-order valence-electron chi connectivity index (χ2n) is 5.01. The van der Waals surface area contributed by atoms with Gasteiger partial charge in [-0.25, -0.2) is 0 Å². The summed E-state index contributed by atoms with van der Waals surface area (Å²) in [5, 5.41) is 0. The van der Waals surface area contributed by atoms with Gasteiger partial charge in [0.15, 0.2) is 0 Å². The molecule has 0 saturated heterocycles. The smallest absolute Gasteiger partial charge is 0.125 e. The minimum absolute atomic E-state index is 0.606. The van der Waals surface area contributed by atoms with Crippen LogP contribution >= 0.6 is 22.6 Å². The third-order valence-corrected chi connectivity index (χ3v) is 3.97. The predicted molar refractivity (Wildman–Crippen MR) is 92.2 cm³/mol. The monoisotopic (exact) mass is 381 g/mol. The zero-order chi connectivity index (χ0) is 14.5. The molecule has 2 rings (SSSR count). The van der Waals surface area contributed by atoms with Crippen LogP contribution in [0.1, 0.15) is 22.3 Å². The molecule has 0 bridgehead atoms. The summed E-state index contributed by atoms with van der Waals surface area (Å²) in [6, 6.07) is 12.8. The highest BCUT2D eigenvalue weighted by molar-refractivity contribution is 14.1. The molecule has 106 valence electrons. The van der Waals surface area contributed by atoms with Crippen molar-refractivity contribution in [3.8, 4) is 5.75 Å². The predicted octanol–water partition coefficient (Wildman–Crippen LogP) is 3.99. The number of hydrogen-bond acceptors (Lipinski definition) is 2. The van der Waals surface area contributed by atoms with Gasteiger partial charge in [0.25, 0.3) is 0 Å². The Morgan fingerprint density at radius 1 is 1.00 bits per heavy atom. The molecule has 0 aliphatic heterocycles. The van der Waals surface area contributed by atoms with E-state index in [9.17, 15) is 0 Å². The average molecular weight is 381 g/mol. The lowest BCUT2D eigenvalue weighted by Gasteiger charge is -2.14. The maximum absolute atomic E-state index is 5.99. The molecular formula is C17H20INO. The van der Waals surface area contributed by atoms with Gasteiger partial charge >= 0.3 is 0 Å². The first kappa shape index (κ1) is 15.3. The Bertz CT molecular complexity index is 555. The maximum Gasteiger partial charge on any atom is 0.125 e. The fourth-order valence-corrected chi connectivity index (χ4v) is 2.67. The summed E-state index contributed by atoms with van der Waals surface area (Å²) in [5.41, 5.74) is 10.4. The standard InChI is InChI=1S/C17H20INO/c1-12-9-15(7-8-19)10-13(2)17(12)20-11-14-3-5-16(18)6-4-14/h3-6,9-10H,7-8,11,19H2,1-2H3. The molecule has 2 aromatic rings. The van der Waals surface area contributed by atoms with Crippen LogP contribution in [0.25, 0.3) is 0 Å². The van der Waals surface area contributed by atoms with E-state index in [1.54, 1.807) is 0 Å². The molecule has 0 radical (unpaired) electrons. The van der Waals surface area contributed by atoms with Crippen molar-refractivity contribution in [1.29, 1.82) is 0 Å². The molecule has 0 amide bonds. The van der Waals surface area contributed by atoms with Gasteiger partial charge in [0.05, 0.1) is 0 Å². The van der Waals surface area contributed by atoms with Crippen molar-refractivity contribution < 1.29 is 4.74 Å². The Morgan fingerprint density at radius 2 is 1.60 bits per heavy atom. The Kier molecular flexibility index (Phi) is 5.43. The second-order valence-corrected chi connectivity index (χ2v) is 6.26. The number of hydrogen-bond donors (Lipinski definition) is 1. The molecule has 0 heterocycles. The summed E-state index contributed by atoms with van der Waals surface area (Å²) < 4.78 is 7.23. The van der Waals surface area contributed by atoms with Crippen LogP contribution in [0.3, 0.4) is 0 Å². The van der Waals surface area contributed by atoms with E-state index in [-0.39, 0.29) is 0 Å². The van der Waals surface area contributed by atoms with Crippen LogP contribution in [-0.4, -0.2) is 6.54 Å². The third kappa shape index (κ3) is 3.96. The first-order chi connectivity index (χ1) is 9.60. The highest BCUT2D eigenvalue weighted by atomic mass is 127.